The molecular weight excluding hydrogens is 392 g/mol. The molecule has 1 aromatic heterocycles. The number of halogens is 2. The molecule has 0 saturated heterocycles. The van der Waals surface area contributed by atoms with Gasteiger partial charge in [-0.1, -0.05) is 18.2 Å². The number of aliphatic hydroxyl groups excluding tert-OH is 1. The Bertz CT molecular complexity index is 1090. The fourth-order valence-electron chi connectivity index (χ4n) is 3.02. The van der Waals surface area contributed by atoms with E-state index in [0.29, 0.717) is 16.9 Å². The first kappa shape index (κ1) is 19.7. The quantitative estimate of drug-likeness (QED) is 0.602. The molecule has 0 saturated carbocycles. The summed E-state index contributed by atoms with van der Waals surface area (Å²) >= 11 is 0. The van der Waals surface area contributed by atoms with E-state index < -0.39 is 23.8 Å². The van der Waals surface area contributed by atoms with Crippen LogP contribution in [-0.2, 0) is 9.63 Å². The SMILES string of the molecule is O=C(Nc1ccc(C(O)c2ccc(F)cc2F)cc1)C1C=C(c2cccnc2)NO1. The van der Waals surface area contributed by atoms with Crippen LogP contribution < -0.4 is 10.8 Å². The van der Waals surface area contributed by atoms with Crippen LogP contribution in [0, 0.1) is 11.6 Å². The van der Waals surface area contributed by atoms with Crippen LogP contribution in [0.25, 0.3) is 5.70 Å². The van der Waals surface area contributed by atoms with E-state index in [0.717, 1.165) is 17.7 Å². The first-order valence-corrected chi connectivity index (χ1v) is 9.09. The lowest BCUT2D eigenvalue weighted by molar-refractivity contribution is -0.125. The minimum absolute atomic E-state index is 0.0355. The normalized spacial score (nSPS) is 16.5. The number of carbonyl (C=O) groups is 1. The Labute approximate surface area is 170 Å². The summed E-state index contributed by atoms with van der Waals surface area (Å²) in [5, 5.41) is 13.1. The van der Waals surface area contributed by atoms with Crippen molar-refractivity contribution < 1.29 is 23.5 Å². The van der Waals surface area contributed by atoms with Gasteiger partial charge in [0.15, 0.2) is 6.10 Å². The number of carbonyl (C=O) groups excluding carboxylic acids is 1. The summed E-state index contributed by atoms with van der Waals surface area (Å²) in [5.41, 5.74) is 4.98. The van der Waals surface area contributed by atoms with Crippen molar-refractivity contribution in [3.05, 3.63) is 101 Å². The van der Waals surface area contributed by atoms with Crippen molar-refractivity contribution in [2.75, 3.05) is 5.32 Å². The van der Waals surface area contributed by atoms with E-state index in [4.69, 9.17) is 4.84 Å². The number of aliphatic hydroxyl groups is 1. The molecule has 2 unspecified atom stereocenters. The predicted molar refractivity (Wildman–Crippen MR) is 106 cm³/mol. The van der Waals surface area contributed by atoms with Crippen molar-refractivity contribution in [3.63, 3.8) is 0 Å². The molecule has 0 spiro atoms. The van der Waals surface area contributed by atoms with Crippen LogP contribution in [0.1, 0.15) is 22.8 Å². The van der Waals surface area contributed by atoms with Gasteiger partial charge in [0.25, 0.3) is 5.91 Å². The third-order valence-corrected chi connectivity index (χ3v) is 4.60. The van der Waals surface area contributed by atoms with Gasteiger partial charge in [0, 0.05) is 35.3 Å². The smallest absolute Gasteiger partial charge is 0.260 e. The molecule has 1 aliphatic heterocycles. The molecule has 2 atom stereocenters. The number of nitrogens with one attached hydrogen (secondary N) is 2. The van der Waals surface area contributed by atoms with Gasteiger partial charge in [-0.15, -0.1) is 0 Å². The lowest BCUT2D eigenvalue weighted by Gasteiger charge is -2.14. The van der Waals surface area contributed by atoms with Gasteiger partial charge >= 0.3 is 0 Å². The molecule has 2 heterocycles. The zero-order valence-electron chi connectivity index (χ0n) is 15.5. The molecule has 1 aliphatic rings. The average Bonchev–Trinajstić information content (AvgIpc) is 3.25. The van der Waals surface area contributed by atoms with E-state index in [2.05, 4.69) is 15.8 Å². The maximum absolute atomic E-state index is 13.9. The number of aromatic nitrogens is 1. The van der Waals surface area contributed by atoms with E-state index in [-0.39, 0.29) is 11.5 Å². The van der Waals surface area contributed by atoms with Crippen molar-refractivity contribution in [1.29, 1.82) is 0 Å². The molecule has 0 radical (unpaired) electrons. The van der Waals surface area contributed by atoms with Crippen molar-refractivity contribution in [1.82, 2.24) is 10.5 Å². The minimum Gasteiger partial charge on any atom is -0.384 e. The van der Waals surface area contributed by atoms with Crippen LogP contribution >= 0.6 is 0 Å². The second kappa shape index (κ2) is 8.40. The first-order chi connectivity index (χ1) is 14.5. The van der Waals surface area contributed by atoms with Crippen LogP contribution in [0.15, 0.2) is 73.1 Å². The summed E-state index contributed by atoms with van der Waals surface area (Å²) < 4.78 is 26.9. The highest BCUT2D eigenvalue weighted by Crippen LogP contribution is 2.26. The van der Waals surface area contributed by atoms with E-state index in [1.165, 1.54) is 6.07 Å². The number of pyridine rings is 1. The summed E-state index contributed by atoms with van der Waals surface area (Å²) in [4.78, 5) is 21.8. The van der Waals surface area contributed by atoms with Gasteiger partial charge in [0.2, 0.25) is 0 Å². The Kier molecular flexibility index (Phi) is 5.51. The van der Waals surface area contributed by atoms with Crippen LogP contribution in [0.5, 0.6) is 0 Å². The molecule has 0 fully saturated rings. The number of nitrogens with zero attached hydrogens (tertiary/aromatic N) is 1. The second-order valence-corrected chi connectivity index (χ2v) is 6.64. The highest BCUT2D eigenvalue weighted by Gasteiger charge is 2.25. The molecule has 6 nitrogen and oxygen atoms in total. The largest absolute Gasteiger partial charge is 0.384 e. The van der Waals surface area contributed by atoms with Crippen LogP contribution in [0.2, 0.25) is 0 Å². The van der Waals surface area contributed by atoms with Crippen molar-refractivity contribution in [2.45, 2.75) is 12.2 Å². The average molecular weight is 409 g/mol. The van der Waals surface area contributed by atoms with E-state index in [9.17, 15) is 18.7 Å². The third-order valence-electron chi connectivity index (χ3n) is 4.60. The molecule has 4 rings (SSSR count). The fourth-order valence-corrected chi connectivity index (χ4v) is 3.02. The maximum atomic E-state index is 13.9. The van der Waals surface area contributed by atoms with Gasteiger partial charge in [0.05, 0.1) is 5.70 Å². The molecule has 1 amide bonds. The Balaban J connectivity index is 1.42. The molecule has 152 valence electrons. The number of hydrogen-bond donors (Lipinski definition) is 3. The van der Waals surface area contributed by atoms with Gasteiger partial charge in [-0.05, 0) is 42.0 Å². The number of anilines is 1. The Morgan fingerprint density at radius 3 is 2.67 bits per heavy atom. The Morgan fingerprint density at radius 1 is 1.17 bits per heavy atom. The summed E-state index contributed by atoms with van der Waals surface area (Å²) in [5.74, 6) is -1.94. The lowest BCUT2D eigenvalue weighted by Crippen LogP contribution is -2.28. The molecule has 0 aliphatic carbocycles. The topological polar surface area (TPSA) is 83.5 Å². The van der Waals surface area contributed by atoms with Crippen molar-refractivity contribution in [3.8, 4) is 0 Å². The lowest BCUT2D eigenvalue weighted by atomic mass is 10.0. The Hall–Kier alpha value is -3.62. The molecule has 2 aromatic carbocycles. The number of hydroxylamine groups is 1. The van der Waals surface area contributed by atoms with Crippen LogP contribution in [-0.4, -0.2) is 22.1 Å². The number of hydrogen-bond acceptors (Lipinski definition) is 5. The summed E-state index contributed by atoms with van der Waals surface area (Å²) in [6, 6.07) is 12.9. The number of benzene rings is 2. The van der Waals surface area contributed by atoms with Gasteiger partial charge in [0.1, 0.15) is 17.7 Å². The van der Waals surface area contributed by atoms with Crippen LogP contribution in [0.4, 0.5) is 14.5 Å². The second-order valence-electron chi connectivity index (χ2n) is 6.64. The fraction of sp³-hybridized carbons (Fsp3) is 0.0909. The summed E-state index contributed by atoms with van der Waals surface area (Å²) in [6.07, 6.45) is 2.84. The van der Waals surface area contributed by atoms with E-state index in [1.54, 1.807) is 48.8 Å². The van der Waals surface area contributed by atoms with Crippen molar-refractivity contribution >= 4 is 17.3 Å². The maximum Gasteiger partial charge on any atom is 0.260 e. The molecule has 30 heavy (non-hydrogen) atoms. The molecule has 3 N–H and O–H groups in total. The minimum atomic E-state index is -1.26. The van der Waals surface area contributed by atoms with Gasteiger partial charge in [-0.25, -0.2) is 8.78 Å². The Morgan fingerprint density at radius 2 is 1.97 bits per heavy atom. The third kappa shape index (κ3) is 4.19. The highest BCUT2D eigenvalue weighted by atomic mass is 19.1. The van der Waals surface area contributed by atoms with Crippen LogP contribution in [0.3, 0.4) is 0 Å². The van der Waals surface area contributed by atoms with E-state index in [1.807, 2.05) is 6.07 Å². The first-order valence-electron chi connectivity index (χ1n) is 9.09. The summed E-state index contributed by atoms with van der Waals surface area (Å²) in [7, 11) is 0. The molecule has 8 heteroatoms. The molecular formula is C22H17F2N3O3. The predicted octanol–water partition coefficient (Wildman–Crippen LogP) is 3.32. The molecule has 3 aromatic rings. The van der Waals surface area contributed by atoms with Gasteiger partial charge in [-0.2, -0.15) is 0 Å². The molecule has 0 bridgehead atoms. The standard InChI is InChI=1S/C22H17F2N3O3/c23-15-5-8-17(18(24)10-15)21(28)13-3-6-16(7-4-13)26-22(29)20-11-19(27-30-20)14-2-1-9-25-12-14/h1-12,20-21,27-28H,(H,26,29). The van der Waals surface area contributed by atoms with Gasteiger partial charge in [-0.3, -0.25) is 20.1 Å². The summed E-state index contributed by atoms with van der Waals surface area (Å²) in [6.45, 7) is 0. The van der Waals surface area contributed by atoms with E-state index >= 15 is 0 Å². The number of amides is 1. The zero-order valence-corrected chi connectivity index (χ0v) is 15.5. The monoisotopic (exact) mass is 409 g/mol. The number of rotatable bonds is 5. The van der Waals surface area contributed by atoms with Gasteiger partial charge < -0.3 is 10.4 Å². The van der Waals surface area contributed by atoms with Crippen molar-refractivity contribution in [2.24, 2.45) is 0 Å². The highest BCUT2D eigenvalue weighted by molar-refractivity contribution is 5.97. The zero-order chi connectivity index (χ0) is 21.1.